The lowest BCUT2D eigenvalue weighted by molar-refractivity contribution is -0.132. The highest BCUT2D eigenvalue weighted by atomic mass is 16.5. The van der Waals surface area contributed by atoms with E-state index < -0.39 is 0 Å². The van der Waals surface area contributed by atoms with Gasteiger partial charge in [0.15, 0.2) is 0 Å². The molecule has 3 heterocycles. The molecule has 5 nitrogen and oxygen atoms in total. The largest absolute Gasteiger partial charge is 0.381 e. The van der Waals surface area contributed by atoms with Crippen molar-refractivity contribution in [3.63, 3.8) is 0 Å². The molecule has 2 aliphatic heterocycles. The zero-order valence-electron chi connectivity index (χ0n) is 13.1. The molecular weight excluding hydrogens is 278 g/mol. The maximum absolute atomic E-state index is 12.4. The standard InChI is InChI=1S/C17H25N3O2/c21-17(12-15-5-11-22-14-15)20-8-3-7-19(9-10-20)13-16-4-1-2-6-18-16/h1-2,4,6,15H,3,5,7-14H2. The number of carbonyl (C=O) groups is 1. The van der Waals surface area contributed by atoms with Crippen molar-refractivity contribution in [2.45, 2.75) is 25.8 Å². The van der Waals surface area contributed by atoms with E-state index in [2.05, 4.69) is 16.0 Å². The predicted molar refractivity (Wildman–Crippen MR) is 84.3 cm³/mol. The third kappa shape index (κ3) is 4.27. The summed E-state index contributed by atoms with van der Waals surface area (Å²) in [5.74, 6) is 0.732. The van der Waals surface area contributed by atoms with Crippen molar-refractivity contribution < 1.29 is 9.53 Å². The highest BCUT2D eigenvalue weighted by Crippen LogP contribution is 2.18. The Hall–Kier alpha value is -1.46. The van der Waals surface area contributed by atoms with Crippen molar-refractivity contribution >= 4 is 5.91 Å². The molecule has 120 valence electrons. The van der Waals surface area contributed by atoms with E-state index in [1.807, 2.05) is 23.2 Å². The van der Waals surface area contributed by atoms with Crippen LogP contribution in [0.4, 0.5) is 0 Å². The molecule has 1 unspecified atom stereocenters. The summed E-state index contributed by atoms with van der Waals surface area (Å²) in [5, 5.41) is 0. The first-order valence-corrected chi connectivity index (χ1v) is 8.29. The minimum absolute atomic E-state index is 0.301. The average molecular weight is 303 g/mol. The molecule has 0 radical (unpaired) electrons. The van der Waals surface area contributed by atoms with Crippen LogP contribution in [0, 0.1) is 5.92 Å². The molecule has 5 heteroatoms. The van der Waals surface area contributed by atoms with Crippen LogP contribution in [0.5, 0.6) is 0 Å². The number of rotatable bonds is 4. The molecule has 1 aromatic heterocycles. The molecule has 0 bridgehead atoms. The van der Waals surface area contributed by atoms with Gasteiger partial charge in [-0.3, -0.25) is 14.7 Å². The van der Waals surface area contributed by atoms with E-state index in [1.165, 1.54) is 0 Å². The van der Waals surface area contributed by atoms with Crippen LogP contribution in [-0.4, -0.2) is 60.1 Å². The van der Waals surface area contributed by atoms with Gasteiger partial charge >= 0.3 is 0 Å². The van der Waals surface area contributed by atoms with Gasteiger partial charge in [-0.25, -0.2) is 0 Å². The molecule has 2 saturated heterocycles. The van der Waals surface area contributed by atoms with Gasteiger partial charge in [-0.05, 0) is 30.9 Å². The van der Waals surface area contributed by atoms with E-state index in [-0.39, 0.29) is 0 Å². The number of ether oxygens (including phenoxy) is 1. The predicted octanol–water partition coefficient (Wildman–Crippen LogP) is 1.54. The van der Waals surface area contributed by atoms with E-state index in [0.29, 0.717) is 18.2 Å². The molecule has 0 N–H and O–H groups in total. The topological polar surface area (TPSA) is 45.7 Å². The van der Waals surface area contributed by atoms with Gasteiger partial charge in [0.05, 0.1) is 5.69 Å². The monoisotopic (exact) mass is 303 g/mol. The van der Waals surface area contributed by atoms with E-state index in [0.717, 1.165) is 64.5 Å². The van der Waals surface area contributed by atoms with Crippen molar-refractivity contribution in [1.82, 2.24) is 14.8 Å². The van der Waals surface area contributed by atoms with Crippen molar-refractivity contribution in [2.24, 2.45) is 5.92 Å². The minimum atomic E-state index is 0.301. The van der Waals surface area contributed by atoms with Crippen molar-refractivity contribution in [1.29, 1.82) is 0 Å². The maximum atomic E-state index is 12.4. The first kappa shape index (κ1) is 15.4. The number of nitrogens with zero attached hydrogens (tertiary/aromatic N) is 3. The normalized spacial score (nSPS) is 23.5. The lowest BCUT2D eigenvalue weighted by Gasteiger charge is -2.22. The molecule has 22 heavy (non-hydrogen) atoms. The zero-order chi connectivity index (χ0) is 15.2. The second kappa shape index (κ2) is 7.70. The second-order valence-electron chi connectivity index (χ2n) is 6.27. The number of amides is 1. The fraction of sp³-hybridized carbons (Fsp3) is 0.647. The Balaban J connectivity index is 1.47. The lowest BCUT2D eigenvalue weighted by Crippen LogP contribution is -2.36. The molecule has 1 aromatic rings. The number of pyridine rings is 1. The first-order valence-electron chi connectivity index (χ1n) is 8.29. The molecule has 1 atom stereocenters. The Labute approximate surface area is 132 Å². The van der Waals surface area contributed by atoms with Crippen molar-refractivity contribution in [3.05, 3.63) is 30.1 Å². The zero-order valence-corrected chi connectivity index (χ0v) is 13.1. The Morgan fingerprint density at radius 3 is 3.00 bits per heavy atom. The van der Waals surface area contributed by atoms with E-state index >= 15 is 0 Å². The summed E-state index contributed by atoms with van der Waals surface area (Å²) in [4.78, 5) is 21.2. The SMILES string of the molecule is O=C(CC1CCOC1)N1CCCN(Cc2ccccn2)CC1. The summed E-state index contributed by atoms with van der Waals surface area (Å²) >= 11 is 0. The average Bonchev–Trinajstić information content (AvgIpc) is 2.93. The van der Waals surface area contributed by atoms with Crippen molar-refractivity contribution in [3.8, 4) is 0 Å². The van der Waals surface area contributed by atoms with E-state index in [4.69, 9.17) is 4.74 Å². The summed E-state index contributed by atoms with van der Waals surface area (Å²) in [6, 6.07) is 6.03. The minimum Gasteiger partial charge on any atom is -0.381 e. The lowest BCUT2D eigenvalue weighted by atomic mass is 10.0. The first-order chi connectivity index (χ1) is 10.8. The van der Waals surface area contributed by atoms with Crippen LogP contribution >= 0.6 is 0 Å². The molecule has 2 fully saturated rings. The molecule has 0 aromatic carbocycles. The summed E-state index contributed by atoms with van der Waals surface area (Å²) in [5.41, 5.74) is 1.10. The van der Waals surface area contributed by atoms with Gasteiger partial charge in [0.1, 0.15) is 0 Å². The molecule has 0 saturated carbocycles. The highest BCUT2D eigenvalue weighted by Gasteiger charge is 2.24. The molecular formula is C17H25N3O2. The van der Waals surface area contributed by atoms with Gasteiger partial charge in [-0.15, -0.1) is 0 Å². The van der Waals surface area contributed by atoms with Crippen molar-refractivity contribution in [2.75, 3.05) is 39.4 Å². The number of hydrogen-bond acceptors (Lipinski definition) is 4. The van der Waals surface area contributed by atoms with Gasteiger partial charge in [0.25, 0.3) is 0 Å². The number of aromatic nitrogens is 1. The van der Waals surface area contributed by atoms with Gasteiger partial charge in [-0.1, -0.05) is 6.07 Å². The van der Waals surface area contributed by atoms with Crippen LogP contribution in [-0.2, 0) is 16.1 Å². The van der Waals surface area contributed by atoms with E-state index in [9.17, 15) is 4.79 Å². The van der Waals surface area contributed by atoms with Gasteiger partial charge in [-0.2, -0.15) is 0 Å². The Morgan fingerprint density at radius 2 is 2.23 bits per heavy atom. The van der Waals surface area contributed by atoms with E-state index in [1.54, 1.807) is 0 Å². The summed E-state index contributed by atoms with van der Waals surface area (Å²) < 4.78 is 5.37. The number of carbonyl (C=O) groups excluding carboxylic acids is 1. The second-order valence-corrected chi connectivity index (χ2v) is 6.27. The van der Waals surface area contributed by atoms with Crippen LogP contribution in [0.3, 0.4) is 0 Å². The smallest absolute Gasteiger partial charge is 0.222 e. The fourth-order valence-corrected chi connectivity index (χ4v) is 3.22. The van der Waals surface area contributed by atoms with Gasteiger partial charge in [0.2, 0.25) is 5.91 Å². The summed E-state index contributed by atoms with van der Waals surface area (Å²) in [6.45, 7) is 6.13. The van der Waals surface area contributed by atoms with Crippen LogP contribution in [0.25, 0.3) is 0 Å². The van der Waals surface area contributed by atoms with Crippen LogP contribution in [0.15, 0.2) is 24.4 Å². The third-order valence-electron chi connectivity index (χ3n) is 4.54. The maximum Gasteiger partial charge on any atom is 0.222 e. The quantitative estimate of drug-likeness (QED) is 0.846. The van der Waals surface area contributed by atoms with Gasteiger partial charge in [0, 0.05) is 58.6 Å². The van der Waals surface area contributed by atoms with Crippen LogP contribution in [0.2, 0.25) is 0 Å². The van der Waals surface area contributed by atoms with Crippen LogP contribution < -0.4 is 0 Å². The summed E-state index contributed by atoms with van der Waals surface area (Å²) in [7, 11) is 0. The third-order valence-corrected chi connectivity index (χ3v) is 4.54. The Bertz CT molecular complexity index is 474. The Kier molecular flexibility index (Phi) is 5.40. The molecule has 2 aliphatic rings. The number of hydrogen-bond donors (Lipinski definition) is 0. The molecule has 0 aliphatic carbocycles. The Morgan fingerprint density at radius 1 is 1.27 bits per heavy atom. The fourth-order valence-electron chi connectivity index (χ4n) is 3.22. The molecule has 1 amide bonds. The summed E-state index contributed by atoms with van der Waals surface area (Å²) in [6.07, 6.45) is 4.57. The molecule has 3 rings (SSSR count). The molecule has 0 spiro atoms. The highest BCUT2D eigenvalue weighted by molar-refractivity contribution is 5.76. The van der Waals surface area contributed by atoms with Crippen LogP contribution in [0.1, 0.15) is 25.0 Å². The van der Waals surface area contributed by atoms with Gasteiger partial charge < -0.3 is 9.64 Å².